The van der Waals surface area contributed by atoms with E-state index in [9.17, 15) is 4.79 Å². The van der Waals surface area contributed by atoms with Crippen LogP contribution in [0.4, 0.5) is 5.82 Å². The predicted octanol–water partition coefficient (Wildman–Crippen LogP) is 2.67. The molecule has 1 unspecified atom stereocenters. The molecule has 0 bridgehead atoms. The van der Waals surface area contributed by atoms with Gasteiger partial charge in [0.15, 0.2) is 0 Å². The van der Waals surface area contributed by atoms with Crippen molar-refractivity contribution in [2.45, 2.75) is 65.0 Å². The Hall–Kier alpha value is -1.65. The van der Waals surface area contributed by atoms with Crippen LogP contribution in [0.15, 0.2) is 6.07 Å². The molecule has 110 valence electrons. The Kier molecular flexibility index (Phi) is 4.93. The Morgan fingerprint density at radius 2 is 2.10 bits per heavy atom. The quantitative estimate of drug-likeness (QED) is 0.867. The predicted molar refractivity (Wildman–Crippen MR) is 79.9 cm³/mol. The van der Waals surface area contributed by atoms with Crippen molar-refractivity contribution >= 4 is 11.7 Å². The van der Waals surface area contributed by atoms with Crippen LogP contribution in [0.5, 0.6) is 0 Å². The molecular formula is C15H24N4O. The van der Waals surface area contributed by atoms with Crippen LogP contribution in [-0.4, -0.2) is 28.0 Å². The molecule has 2 N–H and O–H groups in total. The summed E-state index contributed by atoms with van der Waals surface area (Å²) in [7, 11) is 0. The number of hydrogen-bond acceptors (Lipinski definition) is 4. The number of carbonyl (C=O) groups is 1. The zero-order valence-corrected chi connectivity index (χ0v) is 12.6. The summed E-state index contributed by atoms with van der Waals surface area (Å²) in [6.07, 6.45) is 5.57. The van der Waals surface area contributed by atoms with Crippen molar-refractivity contribution in [3.63, 3.8) is 0 Å². The molecule has 1 aromatic heterocycles. The molecule has 1 amide bonds. The summed E-state index contributed by atoms with van der Waals surface area (Å²) in [5.41, 5.74) is 0.454. The Morgan fingerprint density at radius 1 is 1.40 bits per heavy atom. The van der Waals surface area contributed by atoms with Crippen molar-refractivity contribution in [1.29, 1.82) is 0 Å². The van der Waals surface area contributed by atoms with Crippen molar-refractivity contribution < 1.29 is 4.79 Å². The smallest absolute Gasteiger partial charge is 0.270 e. The summed E-state index contributed by atoms with van der Waals surface area (Å²) < 4.78 is 0. The monoisotopic (exact) mass is 276 g/mol. The average Bonchev–Trinajstić information content (AvgIpc) is 2.90. The van der Waals surface area contributed by atoms with Crippen molar-refractivity contribution in [1.82, 2.24) is 15.3 Å². The second-order valence-corrected chi connectivity index (χ2v) is 5.59. The highest BCUT2D eigenvalue weighted by Gasteiger charge is 2.19. The largest absolute Gasteiger partial charge is 0.368 e. The highest BCUT2D eigenvalue weighted by Crippen LogP contribution is 2.18. The van der Waals surface area contributed by atoms with E-state index in [2.05, 4.69) is 34.4 Å². The highest BCUT2D eigenvalue weighted by molar-refractivity contribution is 5.93. The lowest BCUT2D eigenvalue weighted by Gasteiger charge is -2.15. The Labute approximate surface area is 120 Å². The number of rotatable bonds is 5. The van der Waals surface area contributed by atoms with Gasteiger partial charge in [-0.05, 0) is 33.1 Å². The van der Waals surface area contributed by atoms with E-state index in [0.717, 1.165) is 25.1 Å². The molecule has 5 nitrogen and oxygen atoms in total. The molecule has 2 rings (SSSR count). The molecule has 1 atom stereocenters. The number of hydrogen-bond donors (Lipinski definition) is 2. The van der Waals surface area contributed by atoms with Crippen LogP contribution in [0, 0.1) is 6.92 Å². The van der Waals surface area contributed by atoms with Crippen molar-refractivity contribution in [3.8, 4) is 0 Å². The number of aromatic nitrogens is 2. The van der Waals surface area contributed by atoms with Crippen LogP contribution < -0.4 is 10.6 Å². The van der Waals surface area contributed by atoms with Gasteiger partial charge in [-0.3, -0.25) is 4.79 Å². The maximum atomic E-state index is 12.2. The molecular weight excluding hydrogens is 252 g/mol. The highest BCUT2D eigenvalue weighted by atomic mass is 16.1. The Balaban J connectivity index is 2.07. The van der Waals surface area contributed by atoms with E-state index >= 15 is 0 Å². The van der Waals surface area contributed by atoms with Crippen LogP contribution in [0.2, 0.25) is 0 Å². The van der Waals surface area contributed by atoms with Crippen molar-refractivity contribution in [2.24, 2.45) is 0 Å². The number of amides is 1. The lowest BCUT2D eigenvalue weighted by Crippen LogP contribution is -2.33. The minimum absolute atomic E-state index is 0.0883. The standard InChI is InChI=1S/C15H24N4O/c1-4-10(2)16-14-9-13(17-11(3)18-14)15(20)19-12-7-5-6-8-12/h9-10,12H,4-8H2,1-3H3,(H,19,20)(H,16,17,18). The number of nitrogens with zero attached hydrogens (tertiary/aromatic N) is 2. The van der Waals surface area contributed by atoms with Gasteiger partial charge in [0, 0.05) is 18.2 Å². The van der Waals surface area contributed by atoms with Crippen LogP contribution in [0.25, 0.3) is 0 Å². The molecule has 1 heterocycles. The maximum absolute atomic E-state index is 12.2. The first-order valence-electron chi connectivity index (χ1n) is 7.51. The van der Waals surface area contributed by atoms with E-state index in [1.807, 2.05) is 6.92 Å². The van der Waals surface area contributed by atoms with Gasteiger partial charge >= 0.3 is 0 Å². The molecule has 0 aromatic carbocycles. The molecule has 1 aromatic rings. The number of carbonyl (C=O) groups excluding carboxylic acids is 1. The van der Waals surface area contributed by atoms with E-state index in [-0.39, 0.29) is 5.91 Å². The van der Waals surface area contributed by atoms with Crippen LogP contribution in [0.1, 0.15) is 62.3 Å². The molecule has 0 aliphatic heterocycles. The molecule has 5 heteroatoms. The van der Waals surface area contributed by atoms with Crippen molar-refractivity contribution in [3.05, 3.63) is 17.6 Å². The minimum atomic E-state index is -0.0883. The van der Waals surface area contributed by atoms with Crippen LogP contribution in [-0.2, 0) is 0 Å². The van der Waals surface area contributed by atoms with E-state index in [1.54, 1.807) is 6.07 Å². The van der Waals surface area contributed by atoms with Gasteiger partial charge < -0.3 is 10.6 Å². The zero-order valence-electron chi connectivity index (χ0n) is 12.6. The molecule has 0 saturated heterocycles. The van der Waals surface area contributed by atoms with E-state index < -0.39 is 0 Å². The van der Waals surface area contributed by atoms with Crippen molar-refractivity contribution in [2.75, 3.05) is 5.32 Å². The lowest BCUT2D eigenvalue weighted by molar-refractivity contribution is 0.0932. The fraction of sp³-hybridized carbons (Fsp3) is 0.667. The van der Waals surface area contributed by atoms with Gasteiger partial charge in [-0.1, -0.05) is 19.8 Å². The van der Waals surface area contributed by atoms with E-state index in [1.165, 1.54) is 12.8 Å². The summed E-state index contributed by atoms with van der Waals surface area (Å²) in [5.74, 6) is 1.26. The lowest BCUT2D eigenvalue weighted by atomic mass is 10.2. The van der Waals surface area contributed by atoms with Gasteiger partial charge in [0.25, 0.3) is 5.91 Å². The topological polar surface area (TPSA) is 66.9 Å². The molecule has 1 fully saturated rings. The molecule has 0 spiro atoms. The third kappa shape index (κ3) is 3.92. The van der Waals surface area contributed by atoms with Gasteiger partial charge in [-0.2, -0.15) is 0 Å². The second-order valence-electron chi connectivity index (χ2n) is 5.59. The SMILES string of the molecule is CCC(C)Nc1cc(C(=O)NC2CCCC2)nc(C)n1. The molecule has 1 aliphatic rings. The minimum Gasteiger partial charge on any atom is -0.368 e. The van der Waals surface area contributed by atoms with Gasteiger partial charge in [-0.15, -0.1) is 0 Å². The molecule has 20 heavy (non-hydrogen) atoms. The molecule has 1 saturated carbocycles. The Morgan fingerprint density at radius 3 is 2.75 bits per heavy atom. The number of aryl methyl sites for hydroxylation is 1. The van der Waals surface area contributed by atoms with E-state index in [4.69, 9.17) is 0 Å². The fourth-order valence-electron chi connectivity index (χ4n) is 2.44. The summed E-state index contributed by atoms with van der Waals surface area (Å²) >= 11 is 0. The number of nitrogens with one attached hydrogen (secondary N) is 2. The van der Waals surface area contributed by atoms with Gasteiger partial charge in [-0.25, -0.2) is 9.97 Å². The molecule has 0 radical (unpaired) electrons. The Bertz CT molecular complexity index is 469. The van der Waals surface area contributed by atoms with Crippen LogP contribution >= 0.6 is 0 Å². The summed E-state index contributed by atoms with van der Waals surface area (Å²) in [4.78, 5) is 20.8. The average molecular weight is 276 g/mol. The third-order valence-corrected chi connectivity index (χ3v) is 3.77. The maximum Gasteiger partial charge on any atom is 0.270 e. The summed E-state index contributed by atoms with van der Waals surface area (Å²) in [6.45, 7) is 6.02. The number of anilines is 1. The molecule has 1 aliphatic carbocycles. The zero-order chi connectivity index (χ0) is 14.5. The van der Waals surface area contributed by atoms with Gasteiger partial charge in [0.1, 0.15) is 17.3 Å². The first kappa shape index (κ1) is 14.8. The first-order valence-corrected chi connectivity index (χ1v) is 7.51. The van der Waals surface area contributed by atoms with E-state index in [0.29, 0.717) is 23.6 Å². The first-order chi connectivity index (χ1) is 9.58. The van der Waals surface area contributed by atoms with Gasteiger partial charge in [0.05, 0.1) is 0 Å². The van der Waals surface area contributed by atoms with Gasteiger partial charge in [0.2, 0.25) is 0 Å². The fourth-order valence-corrected chi connectivity index (χ4v) is 2.44. The summed E-state index contributed by atoms with van der Waals surface area (Å²) in [6, 6.07) is 2.38. The normalized spacial score (nSPS) is 16.9. The summed E-state index contributed by atoms with van der Waals surface area (Å²) in [5, 5.41) is 6.35. The van der Waals surface area contributed by atoms with Crippen LogP contribution in [0.3, 0.4) is 0 Å². The second kappa shape index (κ2) is 6.68. The third-order valence-electron chi connectivity index (χ3n) is 3.77.